The van der Waals surface area contributed by atoms with E-state index >= 15 is 0 Å². The molecule has 7 heteroatoms. The van der Waals surface area contributed by atoms with Crippen molar-refractivity contribution in [2.75, 3.05) is 13.2 Å². The third kappa shape index (κ3) is 8.00. The first-order valence-electron chi connectivity index (χ1n) is 12.0. The predicted molar refractivity (Wildman–Crippen MR) is 145 cm³/mol. The van der Waals surface area contributed by atoms with Crippen LogP contribution in [0.5, 0.6) is 5.75 Å². The minimum absolute atomic E-state index is 0.195. The van der Waals surface area contributed by atoms with E-state index in [4.69, 9.17) is 27.9 Å². The Morgan fingerprint density at radius 1 is 0.972 bits per heavy atom. The number of carbonyl (C=O) groups excluding carboxylic acids is 2. The number of halogens is 2. The maximum absolute atomic E-state index is 13.6. The summed E-state index contributed by atoms with van der Waals surface area (Å²) in [6.45, 7) is 6.59. The zero-order chi connectivity index (χ0) is 26.1. The second-order valence-corrected chi connectivity index (χ2v) is 10.00. The molecule has 0 aliphatic heterocycles. The van der Waals surface area contributed by atoms with Crippen LogP contribution in [0.1, 0.15) is 30.5 Å². The van der Waals surface area contributed by atoms with Crippen molar-refractivity contribution in [1.82, 2.24) is 10.2 Å². The van der Waals surface area contributed by atoms with Gasteiger partial charge in [-0.15, -0.1) is 0 Å². The first-order valence-corrected chi connectivity index (χ1v) is 12.7. The molecule has 3 rings (SSSR count). The number of rotatable bonds is 11. The van der Waals surface area contributed by atoms with Gasteiger partial charge >= 0.3 is 0 Å². The van der Waals surface area contributed by atoms with Gasteiger partial charge in [-0.3, -0.25) is 9.59 Å². The number of carbonyl (C=O) groups is 2. The molecule has 0 unspecified atom stereocenters. The van der Waals surface area contributed by atoms with Crippen molar-refractivity contribution in [2.45, 2.75) is 39.8 Å². The van der Waals surface area contributed by atoms with Gasteiger partial charge in [-0.2, -0.15) is 0 Å². The van der Waals surface area contributed by atoms with Gasteiger partial charge in [0, 0.05) is 24.5 Å². The van der Waals surface area contributed by atoms with Crippen molar-refractivity contribution >= 4 is 35.0 Å². The maximum Gasteiger partial charge on any atom is 0.261 e. The number of aryl methyl sites for hydroxylation is 1. The first-order chi connectivity index (χ1) is 17.2. The fraction of sp³-hybridized carbons (Fsp3) is 0.310. The van der Waals surface area contributed by atoms with E-state index in [0.29, 0.717) is 28.8 Å². The van der Waals surface area contributed by atoms with Crippen LogP contribution in [0.4, 0.5) is 0 Å². The highest BCUT2D eigenvalue weighted by molar-refractivity contribution is 6.35. The molecule has 0 fully saturated rings. The van der Waals surface area contributed by atoms with Gasteiger partial charge in [0.25, 0.3) is 5.91 Å². The molecule has 0 bridgehead atoms. The Hall–Kier alpha value is -3.02. The molecule has 3 aromatic carbocycles. The highest BCUT2D eigenvalue weighted by Crippen LogP contribution is 2.27. The average molecular weight is 527 g/mol. The lowest BCUT2D eigenvalue weighted by atomic mass is 10.0. The van der Waals surface area contributed by atoms with Crippen LogP contribution in [0.2, 0.25) is 10.0 Å². The van der Waals surface area contributed by atoms with Gasteiger partial charge in [-0.1, -0.05) is 91.6 Å². The monoisotopic (exact) mass is 526 g/mol. The zero-order valence-electron chi connectivity index (χ0n) is 20.8. The number of ether oxygens (including phenoxy) is 1. The Morgan fingerprint density at radius 2 is 1.67 bits per heavy atom. The Balaban J connectivity index is 1.92. The fourth-order valence-electron chi connectivity index (χ4n) is 3.76. The molecule has 3 aromatic rings. The van der Waals surface area contributed by atoms with Gasteiger partial charge in [-0.05, 0) is 47.7 Å². The molecule has 0 heterocycles. The molecule has 0 saturated carbocycles. The molecule has 2 amide bonds. The minimum atomic E-state index is -0.720. The Bertz CT molecular complexity index is 1170. The fourth-order valence-corrected chi connectivity index (χ4v) is 4.23. The smallest absolute Gasteiger partial charge is 0.261 e. The quantitative estimate of drug-likeness (QED) is 0.328. The average Bonchev–Trinajstić information content (AvgIpc) is 2.85. The van der Waals surface area contributed by atoms with Crippen molar-refractivity contribution in [3.05, 3.63) is 99.5 Å². The SMILES string of the molecule is Cc1ccccc1CN(C(=O)COc1ccc(Cl)cc1Cl)[C@H](Cc1ccccc1)C(=O)NCC(C)C. The van der Waals surface area contributed by atoms with Gasteiger partial charge in [0.2, 0.25) is 5.91 Å². The molecule has 1 atom stereocenters. The van der Waals surface area contributed by atoms with E-state index in [1.54, 1.807) is 23.1 Å². The number of hydrogen-bond donors (Lipinski definition) is 1. The molecule has 1 N–H and O–H groups in total. The number of nitrogens with one attached hydrogen (secondary N) is 1. The van der Waals surface area contributed by atoms with Gasteiger partial charge in [0.05, 0.1) is 5.02 Å². The third-order valence-electron chi connectivity index (χ3n) is 5.80. The molecule has 0 radical (unpaired) electrons. The highest BCUT2D eigenvalue weighted by Gasteiger charge is 2.31. The molecule has 36 heavy (non-hydrogen) atoms. The summed E-state index contributed by atoms with van der Waals surface area (Å²) in [5, 5.41) is 3.81. The molecule has 0 spiro atoms. The molecular formula is C29H32Cl2N2O3. The lowest BCUT2D eigenvalue weighted by Gasteiger charge is -2.32. The second-order valence-electron chi connectivity index (χ2n) is 9.16. The van der Waals surface area contributed by atoms with Crippen LogP contribution >= 0.6 is 23.2 Å². The van der Waals surface area contributed by atoms with E-state index in [-0.39, 0.29) is 30.9 Å². The molecule has 0 saturated heterocycles. The summed E-state index contributed by atoms with van der Waals surface area (Å²) in [6.07, 6.45) is 0.379. The molecule has 190 valence electrons. The van der Waals surface area contributed by atoms with Crippen molar-refractivity contribution in [1.29, 1.82) is 0 Å². The van der Waals surface area contributed by atoms with Crippen molar-refractivity contribution < 1.29 is 14.3 Å². The third-order valence-corrected chi connectivity index (χ3v) is 6.33. The molecule has 0 aliphatic carbocycles. The maximum atomic E-state index is 13.6. The predicted octanol–water partition coefficient (Wildman–Crippen LogP) is 6.09. The molecular weight excluding hydrogens is 495 g/mol. The van der Waals surface area contributed by atoms with Crippen LogP contribution in [0.25, 0.3) is 0 Å². The van der Waals surface area contributed by atoms with Gasteiger partial charge < -0.3 is 15.0 Å². The number of amides is 2. The highest BCUT2D eigenvalue weighted by atomic mass is 35.5. The van der Waals surface area contributed by atoms with Crippen LogP contribution in [0, 0.1) is 12.8 Å². The van der Waals surface area contributed by atoms with Crippen LogP contribution in [0.15, 0.2) is 72.8 Å². The summed E-state index contributed by atoms with van der Waals surface area (Å²) >= 11 is 12.2. The van der Waals surface area contributed by atoms with Crippen molar-refractivity contribution in [2.24, 2.45) is 5.92 Å². The summed E-state index contributed by atoms with van der Waals surface area (Å²) in [7, 11) is 0. The largest absolute Gasteiger partial charge is 0.482 e. The van der Waals surface area contributed by atoms with E-state index in [1.165, 1.54) is 0 Å². The van der Waals surface area contributed by atoms with Crippen LogP contribution in [-0.4, -0.2) is 35.9 Å². The van der Waals surface area contributed by atoms with Gasteiger partial charge in [-0.25, -0.2) is 0 Å². The topological polar surface area (TPSA) is 58.6 Å². The van der Waals surface area contributed by atoms with E-state index in [9.17, 15) is 9.59 Å². The van der Waals surface area contributed by atoms with Crippen molar-refractivity contribution in [3.8, 4) is 5.75 Å². The number of benzene rings is 3. The summed E-state index contributed by atoms with van der Waals surface area (Å²) in [6, 6.07) is 21.7. The van der Waals surface area contributed by atoms with E-state index in [2.05, 4.69) is 5.32 Å². The van der Waals surface area contributed by atoms with Gasteiger partial charge in [0.1, 0.15) is 11.8 Å². The van der Waals surface area contributed by atoms with Crippen LogP contribution in [-0.2, 0) is 22.6 Å². The Labute approximate surface area is 223 Å². The van der Waals surface area contributed by atoms with Crippen LogP contribution < -0.4 is 10.1 Å². The van der Waals surface area contributed by atoms with Crippen molar-refractivity contribution in [3.63, 3.8) is 0 Å². The van der Waals surface area contributed by atoms with Gasteiger partial charge in [0.15, 0.2) is 6.61 Å². The second kappa shape index (κ2) is 13.3. The summed E-state index contributed by atoms with van der Waals surface area (Å²) in [5.74, 6) is 0.125. The standard InChI is InChI=1S/C29H32Cl2N2O3/c1-20(2)17-32-29(35)26(15-22-10-5-4-6-11-22)33(18-23-12-8-7-9-21(23)3)28(34)19-36-27-14-13-24(30)16-25(27)31/h4-14,16,20,26H,15,17-19H2,1-3H3,(H,32,35)/t26-/m1/s1. The first kappa shape index (κ1) is 27.6. The molecule has 5 nitrogen and oxygen atoms in total. The molecule has 0 aliphatic rings. The number of hydrogen-bond acceptors (Lipinski definition) is 3. The molecule has 0 aromatic heterocycles. The summed E-state index contributed by atoms with van der Waals surface area (Å²) in [4.78, 5) is 28.7. The Morgan fingerprint density at radius 3 is 2.33 bits per heavy atom. The normalized spacial score (nSPS) is 11.7. The van der Waals surface area contributed by atoms with E-state index < -0.39 is 6.04 Å². The zero-order valence-corrected chi connectivity index (χ0v) is 22.4. The van der Waals surface area contributed by atoms with E-state index in [1.807, 2.05) is 75.4 Å². The lowest BCUT2D eigenvalue weighted by molar-refractivity contribution is -0.142. The minimum Gasteiger partial charge on any atom is -0.482 e. The van der Waals surface area contributed by atoms with Crippen LogP contribution in [0.3, 0.4) is 0 Å². The summed E-state index contributed by atoms with van der Waals surface area (Å²) in [5.41, 5.74) is 2.97. The van der Waals surface area contributed by atoms with E-state index in [0.717, 1.165) is 16.7 Å². The summed E-state index contributed by atoms with van der Waals surface area (Å²) < 4.78 is 5.77. The lowest BCUT2D eigenvalue weighted by Crippen LogP contribution is -2.52. The number of nitrogens with zero attached hydrogens (tertiary/aromatic N) is 1. The Kier molecular flexibility index (Phi) is 10.2.